The minimum absolute atomic E-state index is 0.105. The summed E-state index contributed by atoms with van der Waals surface area (Å²) in [5.74, 6) is 0.692. The predicted octanol–water partition coefficient (Wildman–Crippen LogP) is 4.53. The van der Waals surface area contributed by atoms with Gasteiger partial charge in [0.1, 0.15) is 5.82 Å². The molecule has 7 nitrogen and oxygen atoms in total. The van der Waals surface area contributed by atoms with E-state index in [9.17, 15) is 9.59 Å². The fourth-order valence-electron chi connectivity index (χ4n) is 2.94. The molecule has 1 heterocycles. The molecule has 1 unspecified atom stereocenters. The van der Waals surface area contributed by atoms with Crippen molar-refractivity contribution in [2.45, 2.75) is 19.8 Å². The summed E-state index contributed by atoms with van der Waals surface area (Å²) in [5.41, 5.74) is 2.18. The molecule has 1 N–H and O–H groups in total. The van der Waals surface area contributed by atoms with Crippen molar-refractivity contribution < 1.29 is 14.3 Å². The lowest BCUT2D eigenvalue weighted by molar-refractivity contribution is -0.131. The van der Waals surface area contributed by atoms with Gasteiger partial charge in [0, 0.05) is 43.2 Å². The Kier molecular flexibility index (Phi) is 6.87. The molecule has 2 aromatic carbocycles. The van der Waals surface area contributed by atoms with Crippen LogP contribution in [0.15, 0.2) is 54.7 Å². The number of benzene rings is 2. The fraction of sp³-hybridized carbons (Fsp3) is 0.217. The van der Waals surface area contributed by atoms with Crippen molar-refractivity contribution in [1.82, 2.24) is 9.97 Å². The Labute approximate surface area is 186 Å². The lowest BCUT2D eigenvalue weighted by Crippen LogP contribution is -2.16. The van der Waals surface area contributed by atoms with Crippen molar-refractivity contribution in [2.75, 3.05) is 24.3 Å². The number of hydrogen-bond donors (Lipinski definition) is 1. The van der Waals surface area contributed by atoms with Gasteiger partial charge in [-0.25, -0.2) is 9.97 Å². The second kappa shape index (κ2) is 9.57. The molecule has 0 fully saturated rings. The van der Waals surface area contributed by atoms with E-state index in [4.69, 9.17) is 16.3 Å². The maximum absolute atomic E-state index is 12.4. The van der Waals surface area contributed by atoms with Crippen LogP contribution in [0.1, 0.15) is 41.5 Å². The Hall–Kier alpha value is -3.45. The number of esters is 1. The monoisotopic (exact) mass is 438 g/mol. The van der Waals surface area contributed by atoms with Crippen LogP contribution in [0.25, 0.3) is 0 Å². The van der Waals surface area contributed by atoms with Gasteiger partial charge in [-0.1, -0.05) is 30.7 Å². The van der Waals surface area contributed by atoms with Crippen molar-refractivity contribution in [1.29, 1.82) is 0 Å². The Bertz CT molecular complexity index is 1080. The fourth-order valence-corrected chi connectivity index (χ4v) is 3.07. The number of carbonyl (C=O) groups excluding carboxylic acids is 2. The normalized spacial score (nSPS) is 11.5. The van der Waals surface area contributed by atoms with Gasteiger partial charge >= 0.3 is 5.97 Å². The zero-order chi connectivity index (χ0) is 22.5. The first-order valence-electron chi connectivity index (χ1n) is 9.64. The molecule has 8 heteroatoms. The van der Waals surface area contributed by atoms with Crippen LogP contribution in [0, 0.1) is 0 Å². The second-order valence-electron chi connectivity index (χ2n) is 7.21. The minimum Gasteiger partial charge on any atom is -0.421 e. The van der Waals surface area contributed by atoms with E-state index in [1.165, 1.54) is 13.1 Å². The molecular formula is C23H23ClN4O3. The maximum atomic E-state index is 12.4. The molecule has 3 aromatic rings. The summed E-state index contributed by atoms with van der Waals surface area (Å²) >= 11 is 5.87. The molecule has 160 valence electrons. The molecule has 31 heavy (non-hydrogen) atoms. The number of nitrogens with one attached hydrogen (secondary N) is 1. The van der Waals surface area contributed by atoms with Gasteiger partial charge in [0.05, 0.1) is 6.20 Å². The molecule has 1 amide bonds. The van der Waals surface area contributed by atoms with Crippen LogP contribution in [-0.2, 0) is 4.79 Å². The smallest absolute Gasteiger partial charge is 0.308 e. The summed E-state index contributed by atoms with van der Waals surface area (Å²) in [6, 6.07) is 14.2. The average Bonchev–Trinajstić information content (AvgIpc) is 2.74. The molecule has 0 aliphatic carbocycles. The molecule has 1 atom stereocenters. The number of ether oxygens (including phenoxy) is 1. The number of carbonyl (C=O) groups is 2. The Morgan fingerprint density at radius 3 is 2.29 bits per heavy atom. The van der Waals surface area contributed by atoms with E-state index in [2.05, 4.69) is 15.3 Å². The van der Waals surface area contributed by atoms with Crippen LogP contribution < -0.4 is 15.0 Å². The van der Waals surface area contributed by atoms with Crippen LogP contribution in [0.4, 0.5) is 11.5 Å². The highest BCUT2D eigenvalue weighted by Gasteiger charge is 2.17. The SMILES string of the molecule is CC(=O)Oc1cnc(C(C)c2ccc(NC(=O)c3ccc(Cl)cc3)cc2)nc1N(C)C. The number of aromatic nitrogens is 2. The minimum atomic E-state index is -0.427. The Balaban J connectivity index is 1.76. The van der Waals surface area contributed by atoms with E-state index >= 15 is 0 Å². The van der Waals surface area contributed by atoms with Gasteiger partial charge in [-0.05, 0) is 42.0 Å². The summed E-state index contributed by atoms with van der Waals surface area (Å²) < 4.78 is 5.19. The molecule has 0 saturated heterocycles. The number of halogens is 1. The summed E-state index contributed by atoms with van der Waals surface area (Å²) in [6.07, 6.45) is 1.51. The molecule has 3 rings (SSSR count). The largest absolute Gasteiger partial charge is 0.421 e. The molecular weight excluding hydrogens is 416 g/mol. The summed E-state index contributed by atoms with van der Waals surface area (Å²) in [6.45, 7) is 3.32. The molecule has 0 aliphatic heterocycles. The van der Waals surface area contributed by atoms with Crippen LogP contribution >= 0.6 is 11.6 Å². The summed E-state index contributed by atoms with van der Waals surface area (Å²) in [4.78, 5) is 34.4. The highest BCUT2D eigenvalue weighted by molar-refractivity contribution is 6.30. The number of nitrogens with zero attached hydrogens (tertiary/aromatic N) is 3. The number of anilines is 2. The third kappa shape index (κ3) is 5.58. The van der Waals surface area contributed by atoms with Crippen molar-refractivity contribution in [3.63, 3.8) is 0 Å². The Morgan fingerprint density at radius 1 is 1.06 bits per heavy atom. The number of hydrogen-bond acceptors (Lipinski definition) is 6. The second-order valence-corrected chi connectivity index (χ2v) is 7.65. The first-order valence-corrected chi connectivity index (χ1v) is 10.0. The van der Waals surface area contributed by atoms with Gasteiger partial charge < -0.3 is 15.0 Å². The van der Waals surface area contributed by atoms with E-state index in [1.807, 2.05) is 45.3 Å². The van der Waals surface area contributed by atoms with Crippen LogP contribution in [0.2, 0.25) is 5.02 Å². The predicted molar refractivity (Wildman–Crippen MR) is 121 cm³/mol. The quantitative estimate of drug-likeness (QED) is 0.569. The molecule has 0 saturated carbocycles. The first kappa shape index (κ1) is 22.2. The van der Waals surface area contributed by atoms with Crippen molar-refractivity contribution in [2.24, 2.45) is 0 Å². The van der Waals surface area contributed by atoms with E-state index < -0.39 is 5.97 Å². The third-order valence-electron chi connectivity index (χ3n) is 4.59. The van der Waals surface area contributed by atoms with Crippen LogP contribution in [0.3, 0.4) is 0 Å². The highest BCUT2D eigenvalue weighted by atomic mass is 35.5. The standard InChI is InChI=1S/C23H23ClN4O3/c1-14(21-25-13-20(31-15(2)29)22(27-21)28(3)4)16-7-11-19(12-8-16)26-23(30)17-5-9-18(24)10-6-17/h5-14H,1-4H3,(H,26,30). The van der Waals surface area contributed by atoms with Crippen molar-refractivity contribution in [3.05, 3.63) is 76.7 Å². The van der Waals surface area contributed by atoms with Gasteiger partial charge in [-0.3, -0.25) is 9.59 Å². The number of amides is 1. The summed E-state index contributed by atoms with van der Waals surface area (Å²) in [7, 11) is 3.64. The highest BCUT2D eigenvalue weighted by Crippen LogP contribution is 2.29. The van der Waals surface area contributed by atoms with Gasteiger partial charge in [0.2, 0.25) is 0 Å². The van der Waals surface area contributed by atoms with E-state index in [0.29, 0.717) is 33.7 Å². The third-order valence-corrected chi connectivity index (χ3v) is 4.85. The van der Waals surface area contributed by atoms with Gasteiger partial charge in [0.25, 0.3) is 5.91 Å². The molecule has 0 spiro atoms. The Morgan fingerprint density at radius 2 is 1.71 bits per heavy atom. The number of rotatable bonds is 6. The van der Waals surface area contributed by atoms with Crippen molar-refractivity contribution in [3.8, 4) is 5.75 Å². The van der Waals surface area contributed by atoms with Crippen molar-refractivity contribution >= 4 is 35.0 Å². The van der Waals surface area contributed by atoms with Gasteiger partial charge in [0.15, 0.2) is 11.6 Å². The summed E-state index contributed by atoms with van der Waals surface area (Å²) in [5, 5.41) is 3.44. The molecule has 0 radical (unpaired) electrons. The zero-order valence-corrected chi connectivity index (χ0v) is 18.5. The topological polar surface area (TPSA) is 84.4 Å². The molecule has 0 bridgehead atoms. The van der Waals surface area contributed by atoms with E-state index in [1.54, 1.807) is 29.2 Å². The first-order chi connectivity index (χ1) is 14.7. The molecule has 1 aromatic heterocycles. The maximum Gasteiger partial charge on any atom is 0.308 e. The van der Waals surface area contributed by atoms with Crippen LogP contribution in [-0.4, -0.2) is 35.9 Å². The average molecular weight is 439 g/mol. The molecule has 0 aliphatic rings. The van der Waals surface area contributed by atoms with Gasteiger partial charge in [-0.15, -0.1) is 0 Å². The van der Waals surface area contributed by atoms with Gasteiger partial charge in [-0.2, -0.15) is 0 Å². The van der Waals surface area contributed by atoms with E-state index in [0.717, 1.165) is 5.56 Å². The van der Waals surface area contributed by atoms with Crippen LogP contribution in [0.5, 0.6) is 5.75 Å². The lowest BCUT2D eigenvalue weighted by Gasteiger charge is -2.18. The van der Waals surface area contributed by atoms with E-state index in [-0.39, 0.29) is 11.8 Å². The zero-order valence-electron chi connectivity index (χ0n) is 17.7. The lowest BCUT2D eigenvalue weighted by atomic mass is 10.00.